The zero-order valence-corrected chi connectivity index (χ0v) is 20.3. The number of amides is 2. The number of anilines is 2. The quantitative estimate of drug-likeness (QED) is 0.125. The van der Waals surface area contributed by atoms with Gasteiger partial charge in [-0.25, -0.2) is 4.98 Å². The van der Waals surface area contributed by atoms with Gasteiger partial charge in [0.2, 0.25) is 5.91 Å². The number of non-ortho nitro benzene ring substituents is 1. The number of halogens is 1. The molecule has 0 fully saturated rings. The molecule has 2 aromatic carbocycles. The molecule has 3 rings (SSSR count). The largest absolute Gasteiger partial charge is 0.370 e. The lowest BCUT2D eigenvalue weighted by Crippen LogP contribution is -2.23. The van der Waals surface area contributed by atoms with Crippen LogP contribution in [0.15, 0.2) is 48.5 Å². The van der Waals surface area contributed by atoms with Crippen LogP contribution in [-0.4, -0.2) is 27.7 Å². The summed E-state index contributed by atoms with van der Waals surface area (Å²) in [5, 5.41) is 26.5. The van der Waals surface area contributed by atoms with Gasteiger partial charge in [0, 0.05) is 31.3 Å². The van der Waals surface area contributed by atoms with Gasteiger partial charge in [0.05, 0.1) is 10.6 Å². The first-order valence-electron chi connectivity index (χ1n) is 10.2. The molecule has 0 unspecified atom stereocenters. The first kappa shape index (κ1) is 27.2. The Hall–Kier alpha value is -4.03. The van der Waals surface area contributed by atoms with Gasteiger partial charge in [-0.05, 0) is 36.1 Å². The molecule has 0 aliphatic carbocycles. The molecule has 1 heterocycles. The lowest BCUT2D eigenvalue weighted by molar-refractivity contribution is -0.384. The second-order valence-electron chi connectivity index (χ2n) is 7.32. The summed E-state index contributed by atoms with van der Waals surface area (Å²) in [5.41, 5.74) is 8.28. The Bertz CT molecular complexity index is 1210. The van der Waals surface area contributed by atoms with Gasteiger partial charge >= 0.3 is 0 Å². The zero-order valence-electron chi connectivity index (χ0n) is 18.7. The average Bonchev–Trinajstić information content (AvgIpc) is 3.19. The molecule has 3 aromatic rings. The van der Waals surface area contributed by atoms with Crippen molar-refractivity contribution in [2.24, 2.45) is 5.73 Å². The van der Waals surface area contributed by atoms with Crippen LogP contribution < -0.4 is 21.7 Å². The molecule has 0 aliphatic heterocycles. The zero-order chi connectivity index (χ0) is 24.7. The maximum Gasteiger partial charge on any atom is 0.269 e. The molecular formula is C22H24ClN7O4S. The van der Waals surface area contributed by atoms with E-state index in [9.17, 15) is 19.7 Å². The highest BCUT2D eigenvalue weighted by molar-refractivity contribution is 7.17. The normalized spacial score (nSPS) is 10.1. The summed E-state index contributed by atoms with van der Waals surface area (Å²) in [5.74, 6) is -0.778. The van der Waals surface area contributed by atoms with Gasteiger partial charge in [-0.2, -0.15) is 0 Å². The molecule has 0 atom stereocenters. The summed E-state index contributed by atoms with van der Waals surface area (Å²) in [6.07, 6.45) is 1.07. The van der Waals surface area contributed by atoms with E-state index in [4.69, 9.17) is 11.1 Å². The highest BCUT2D eigenvalue weighted by Crippen LogP contribution is 2.25. The lowest BCUT2D eigenvalue weighted by Gasteiger charge is -2.07. The van der Waals surface area contributed by atoms with Crippen molar-refractivity contribution in [1.82, 2.24) is 10.3 Å². The Morgan fingerprint density at radius 3 is 2.26 bits per heavy atom. The number of carbonyl (C=O) groups is 2. The third-order valence-electron chi connectivity index (χ3n) is 4.67. The molecule has 0 saturated carbocycles. The predicted molar refractivity (Wildman–Crippen MR) is 137 cm³/mol. The molecular weight excluding hydrogens is 494 g/mol. The Kier molecular flexibility index (Phi) is 9.67. The Morgan fingerprint density at radius 1 is 1.06 bits per heavy atom. The number of rotatable bonds is 9. The Balaban J connectivity index is 0.00000432. The highest BCUT2D eigenvalue weighted by atomic mass is 35.5. The summed E-state index contributed by atoms with van der Waals surface area (Å²) in [4.78, 5) is 39.4. The van der Waals surface area contributed by atoms with Gasteiger partial charge in [0.15, 0.2) is 11.1 Å². The number of nitrogens with zero attached hydrogens (tertiary/aromatic N) is 2. The Labute approximate surface area is 211 Å². The SMILES string of the molecule is CC(=O)Nc1nc(CCc2ccc(NC(=N)N)cc2)c(C(=O)NCc2ccc([N+](=O)[O-])cc2)s1.Cl. The average molecular weight is 518 g/mol. The molecule has 0 aliphatic rings. The van der Waals surface area contributed by atoms with E-state index in [2.05, 4.69) is 20.9 Å². The molecule has 0 radical (unpaired) electrons. The number of aromatic nitrogens is 1. The van der Waals surface area contributed by atoms with Gasteiger partial charge in [0.1, 0.15) is 4.88 Å². The Morgan fingerprint density at radius 2 is 1.69 bits per heavy atom. The van der Waals surface area contributed by atoms with Gasteiger partial charge in [-0.15, -0.1) is 12.4 Å². The minimum absolute atomic E-state index is 0. The van der Waals surface area contributed by atoms with E-state index in [1.165, 1.54) is 19.1 Å². The van der Waals surface area contributed by atoms with Crippen molar-refractivity contribution in [3.05, 3.63) is 80.3 Å². The van der Waals surface area contributed by atoms with Crippen LogP contribution in [0.1, 0.15) is 33.4 Å². The van der Waals surface area contributed by atoms with Crippen molar-refractivity contribution in [1.29, 1.82) is 5.41 Å². The first-order valence-corrected chi connectivity index (χ1v) is 11.0. The second-order valence-corrected chi connectivity index (χ2v) is 8.32. The third-order valence-corrected chi connectivity index (χ3v) is 5.68. The number of carbonyl (C=O) groups excluding carboxylic acids is 2. The molecule has 13 heteroatoms. The van der Waals surface area contributed by atoms with E-state index < -0.39 is 4.92 Å². The van der Waals surface area contributed by atoms with E-state index in [0.29, 0.717) is 39.8 Å². The first-order chi connectivity index (χ1) is 16.2. The summed E-state index contributed by atoms with van der Waals surface area (Å²) in [7, 11) is 0. The number of aryl methyl sites for hydroxylation is 2. The van der Waals surface area contributed by atoms with E-state index in [-0.39, 0.29) is 42.4 Å². The van der Waals surface area contributed by atoms with Crippen LogP contribution in [0.3, 0.4) is 0 Å². The molecule has 11 nitrogen and oxygen atoms in total. The van der Waals surface area contributed by atoms with E-state index in [0.717, 1.165) is 16.9 Å². The van der Waals surface area contributed by atoms with Crippen molar-refractivity contribution in [2.45, 2.75) is 26.3 Å². The molecule has 0 saturated heterocycles. The van der Waals surface area contributed by atoms with Crippen LogP contribution in [0, 0.1) is 15.5 Å². The van der Waals surface area contributed by atoms with Crippen LogP contribution in [0.2, 0.25) is 0 Å². The van der Waals surface area contributed by atoms with Crippen LogP contribution in [0.25, 0.3) is 0 Å². The van der Waals surface area contributed by atoms with Crippen molar-refractivity contribution in [2.75, 3.05) is 10.6 Å². The van der Waals surface area contributed by atoms with Crippen molar-refractivity contribution >= 4 is 58.0 Å². The molecule has 0 spiro atoms. The fourth-order valence-corrected chi connectivity index (χ4v) is 4.05. The summed E-state index contributed by atoms with van der Waals surface area (Å²) < 4.78 is 0. The number of benzene rings is 2. The van der Waals surface area contributed by atoms with E-state index in [1.54, 1.807) is 24.3 Å². The number of nitrogens with one attached hydrogen (secondary N) is 4. The molecule has 184 valence electrons. The molecule has 2 amide bonds. The van der Waals surface area contributed by atoms with Crippen molar-refractivity contribution < 1.29 is 14.5 Å². The number of nitro benzene ring substituents is 1. The number of hydrogen-bond acceptors (Lipinski definition) is 7. The summed E-state index contributed by atoms with van der Waals surface area (Å²) in [6.45, 7) is 1.56. The number of nitro groups is 1. The molecule has 35 heavy (non-hydrogen) atoms. The van der Waals surface area contributed by atoms with E-state index >= 15 is 0 Å². The van der Waals surface area contributed by atoms with Crippen LogP contribution in [0.4, 0.5) is 16.5 Å². The van der Waals surface area contributed by atoms with Gasteiger partial charge in [0.25, 0.3) is 11.6 Å². The topological polar surface area (TPSA) is 176 Å². The summed E-state index contributed by atoms with van der Waals surface area (Å²) in [6, 6.07) is 13.3. The number of nitrogens with two attached hydrogens (primary N) is 1. The molecule has 6 N–H and O–H groups in total. The maximum absolute atomic E-state index is 12.9. The second kappa shape index (κ2) is 12.4. The fraction of sp³-hybridized carbons (Fsp3) is 0.182. The lowest BCUT2D eigenvalue weighted by atomic mass is 10.1. The van der Waals surface area contributed by atoms with Gasteiger partial charge < -0.3 is 21.7 Å². The van der Waals surface area contributed by atoms with Crippen LogP contribution >= 0.6 is 23.7 Å². The van der Waals surface area contributed by atoms with Crippen molar-refractivity contribution in [3.63, 3.8) is 0 Å². The highest BCUT2D eigenvalue weighted by Gasteiger charge is 2.19. The van der Waals surface area contributed by atoms with Crippen molar-refractivity contribution in [3.8, 4) is 0 Å². The molecule has 0 bridgehead atoms. The molecule has 1 aromatic heterocycles. The van der Waals surface area contributed by atoms with E-state index in [1.807, 2.05) is 12.1 Å². The van der Waals surface area contributed by atoms with Gasteiger partial charge in [-0.1, -0.05) is 35.6 Å². The number of thiazole rings is 1. The minimum atomic E-state index is -0.483. The smallest absolute Gasteiger partial charge is 0.269 e. The fourth-order valence-electron chi connectivity index (χ4n) is 3.07. The van der Waals surface area contributed by atoms with Crippen LogP contribution in [0.5, 0.6) is 0 Å². The predicted octanol–water partition coefficient (Wildman–Crippen LogP) is 3.45. The third kappa shape index (κ3) is 8.05. The standard InChI is InChI=1S/C22H23N7O4S.ClH/c1-13(30)26-22-28-18(11-6-14-2-7-16(8-3-14)27-21(23)24)19(34-22)20(31)25-12-15-4-9-17(10-5-15)29(32)33;/h2-5,7-10H,6,11-12H2,1H3,(H,25,31)(H4,23,24,27)(H,26,28,30);1H. The minimum Gasteiger partial charge on any atom is -0.370 e. The summed E-state index contributed by atoms with van der Waals surface area (Å²) >= 11 is 1.09. The number of guanidine groups is 1. The van der Waals surface area contributed by atoms with Gasteiger partial charge in [-0.3, -0.25) is 25.1 Å². The van der Waals surface area contributed by atoms with Crippen LogP contribution in [-0.2, 0) is 24.2 Å². The maximum atomic E-state index is 12.9. The monoisotopic (exact) mass is 517 g/mol. The number of hydrogen-bond donors (Lipinski definition) is 5.